The minimum Gasteiger partial charge on any atom is -0.228 e. The van der Waals surface area contributed by atoms with E-state index in [2.05, 4.69) is 224 Å². The molecule has 2 nitrogen and oxygen atoms in total. The minimum absolute atomic E-state index is 0.713. The number of hydrogen-bond acceptors (Lipinski definition) is 3. The number of nitrogens with zero attached hydrogens (tertiary/aromatic N) is 2. The highest BCUT2D eigenvalue weighted by Gasteiger charge is 2.20. The second-order valence-electron chi connectivity index (χ2n) is 16.8. The molecular formula is C62H38N2S. The topological polar surface area (TPSA) is 25.8 Å². The van der Waals surface area contributed by atoms with Crippen molar-refractivity contribution in [3.63, 3.8) is 0 Å². The Labute approximate surface area is 380 Å². The van der Waals surface area contributed by atoms with Gasteiger partial charge in [0.25, 0.3) is 0 Å². The average molecular weight is 843 g/mol. The van der Waals surface area contributed by atoms with Gasteiger partial charge in [-0.3, -0.25) is 0 Å². The Morgan fingerprint density at radius 2 is 0.831 bits per heavy atom. The third kappa shape index (κ3) is 6.16. The summed E-state index contributed by atoms with van der Waals surface area (Å²) in [5.74, 6) is 0.713. The molecule has 2 heterocycles. The van der Waals surface area contributed by atoms with Crippen LogP contribution in [0.15, 0.2) is 231 Å². The lowest BCUT2D eigenvalue weighted by Crippen LogP contribution is -1.97. The molecule has 0 bridgehead atoms. The van der Waals surface area contributed by atoms with Crippen molar-refractivity contribution in [2.75, 3.05) is 0 Å². The van der Waals surface area contributed by atoms with Gasteiger partial charge in [0.1, 0.15) is 0 Å². The molecule has 0 fully saturated rings. The van der Waals surface area contributed by atoms with E-state index in [1.54, 1.807) is 0 Å². The number of fused-ring (bicyclic) bond motifs is 8. The molecule has 0 saturated carbocycles. The van der Waals surface area contributed by atoms with Crippen LogP contribution in [0.1, 0.15) is 0 Å². The molecule has 0 amide bonds. The van der Waals surface area contributed by atoms with Crippen LogP contribution in [0.25, 0.3) is 131 Å². The molecule has 0 spiro atoms. The van der Waals surface area contributed by atoms with Crippen molar-refractivity contribution < 1.29 is 0 Å². The quantitative estimate of drug-likeness (QED) is 0.123. The van der Waals surface area contributed by atoms with Gasteiger partial charge in [-0.25, -0.2) is 9.97 Å². The summed E-state index contributed by atoms with van der Waals surface area (Å²) >= 11 is 1.83. The third-order valence-electron chi connectivity index (χ3n) is 13.1. The van der Waals surface area contributed by atoms with Crippen LogP contribution in [0.5, 0.6) is 0 Å². The zero-order chi connectivity index (χ0) is 42.8. The number of rotatable bonds is 6. The van der Waals surface area contributed by atoms with Crippen molar-refractivity contribution in [1.29, 1.82) is 0 Å². The molecule has 302 valence electrons. The zero-order valence-electron chi connectivity index (χ0n) is 35.2. The molecule has 13 aromatic rings. The van der Waals surface area contributed by atoms with Crippen molar-refractivity contribution in [3.05, 3.63) is 231 Å². The molecular weight excluding hydrogens is 805 g/mol. The van der Waals surface area contributed by atoms with E-state index >= 15 is 0 Å². The fourth-order valence-electron chi connectivity index (χ4n) is 10.1. The summed E-state index contributed by atoms with van der Waals surface area (Å²) in [6.45, 7) is 0. The van der Waals surface area contributed by atoms with Gasteiger partial charge < -0.3 is 0 Å². The highest BCUT2D eigenvalue weighted by Crippen LogP contribution is 2.47. The largest absolute Gasteiger partial charge is 0.228 e. The van der Waals surface area contributed by atoms with E-state index in [1.165, 1.54) is 91.3 Å². The van der Waals surface area contributed by atoms with Crippen LogP contribution in [0, 0.1) is 0 Å². The van der Waals surface area contributed by atoms with E-state index in [9.17, 15) is 0 Å². The monoisotopic (exact) mass is 842 g/mol. The number of thiophene rings is 1. The Bertz CT molecular complexity index is 3980. The summed E-state index contributed by atoms with van der Waals surface area (Å²) in [7, 11) is 0. The lowest BCUT2D eigenvalue weighted by molar-refractivity contribution is 1.19. The molecule has 0 radical (unpaired) electrons. The maximum absolute atomic E-state index is 5.31. The smallest absolute Gasteiger partial charge is 0.160 e. The molecule has 0 unspecified atom stereocenters. The molecule has 0 aliphatic rings. The van der Waals surface area contributed by atoms with Crippen LogP contribution >= 0.6 is 11.3 Å². The first-order valence-electron chi connectivity index (χ1n) is 22.1. The van der Waals surface area contributed by atoms with Crippen LogP contribution in [0.4, 0.5) is 0 Å². The van der Waals surface area contributed by atoms with Crippen LogP contribution in [0.3, 0.4) is 0 Å². The number of benzene rings is 11. The normalized spacial score (nSPS) is 11.7. The number of aromatic nitrogens is 2. The molecule has 0 N–H and O–H groups in total. The van der Waals surface area contributed by atoms with Crippen molar-refractivity contribution in [2.24, 2.45) is 0 Å². The van der Waals surface area contributed by atoms with Crippen LogP contribution < -0.4 is 0 Å². The molecule has 0 atom stereocenters. The lowest BCUT2D eigenvalue weighted by Gasteiger charge is -2.19. The SMILES string of the molecule is c1ccc(-c2nc(-c3ccc(-c4ccc(-c5c6ccccc6c(-c6ccccc6)c6c5ccc5ccccc56)cc4)c4ccccc34)cc(-c3cccc4c3sc3ccccc34)n2)cc1. The van der Waals surface area contributed by atoms with E-state index in [4.69, 9.17) is 9.97 Å². The Hall–Kier alpha value is -8.24. The van der Waals surface area contributed by atoms with E-state index in [-0.39, 0.29) is 0 Å². The van der Waals surface area contributed by atoms with Crippen molar-refractivity contribution in [2.45, 2.75) is 0 Å². The van der Waals surface area contributed by atoms with Gasteiger partial charge in [0, 0.05) is 36.9 Å². The lowest BCUT2D eigenvalue weighted by atomic mass is 9.83. The first kappa shape index (κ1) is 37.3. The molecule has 2 aromatic heterocycles. The van der Waals surface area contributed by atoms with Crippen LogP contribution in [-0.2, 0) is 0 Å². The van der Waals surface area contributed by atoms with Crippen molar-refractivity contribution in [1.82, 2.24) is 9.97 Å². The third-order valence-corrected chi connectivity index (χ3v) is 14.3. The minimum atomic E-state index is 0.713. The van der Waals surface area contributed by atoms with Gasteiger partial charge in [-0.1, -0.05) is 218 Å². The second-order valence-corrected chi connectivity index (χ2v) is 17.8. The van der Waals surface area contributed by atoms with Gasteiger partial charge in [-0.05, 0) is 88.6 Å². The van der Waals surface area contributed by atoms with E-state index < -0.39 is 0 Å². The first-order valence-corrected chi connectivity index (χ1v) is 23.0. The van der Waals surface area contributed by atoms with Gasteiger partial charge in [0.15, 0.2) is 5.82 Å². The molecule has 3 heteroatoms. The van der Waals surface area contributed by atoms with Crippen LogP contribution in [-0.4, -0.2) is 9.97 Å². The fraction of sp³-hybridized carbons (Fsp3) is 0. The van der Waals surface area contributed by atoms with Crippen molar-refractivity contribution >= 4 is 74.6 Å². The highest BCUT2D eigenvalue weighted by molar-refractivity contribution is 7.26. The van der Waals surface area contributed by atoms with Gasteiger partial charge in [0.05, 0.1) is 11.4 Å². The average Bonchev–Trinajstić information content (AvgIpc) is 3.77. The second kappa shape index (κ2) is 15.2. The molecule has 11 aromatic carbocycles. The maximum atomic E-state index is 5.31. The fourth-order valence-corrected chi connectivity index (χ4v) is 11.4. The summed E-state index contributed by atoms with van der Waals surface area (Å²) in [6.07, 6.45) is 0. The molecule has 0 aliphatic heterocycles. The summed E-state index contributed by atoms with van der Waals surface area (Å²) in [4.78, 5) is 10.6. The highest BCUT2D eigenvalue weighted by atomic mass is 32.1. The summed E-state index contributed by atoms with van der Waals surface area (Å²) < 4.78 is 2.51. The Morgan fingerprint density at radius 3 is 1.58 bits per heavy atom. The van der Waals surface area contributed by atoms with Crippen LogP contribution in [0.2, 0.25) is 0 Å². The maximum Gasteiger partial charge on any atom is 0.160 e. The van der Waals surface area contributed by atoms with Gasteiger partial charge >= 0.3 is 0 Å². The first-order chi connectivity index (χ1) is 32.2. The summed E-state index contributed by atoms with van der Waals surface area (Å²) in [5.41, 5.74) is 12.3. The Morgan fingerprint density at radius 1 is 0.292 bits per heavy atom. The Kier molecular flexibility index (Phi) is 8.75. The van der Waals surface area contributed by atoms with E-state index in [0.29, 0.717) is 5.82 Å². The molecule has 0 saturated heterocycles. The zero-order valence-corrected chi connectivity index (χ0v) is 36.1. The predicted octanol–water partition coefficient (Wildman–Crippen LogP) is 17.5. The predicted molar refractivity (Wildman–Crippen MR) is 278 cm³/mol. The number of hydrogen-bond donors (Lipinski definition) is 0. The Balaban J connectivity index is 0.965. The van der Waals surface area contributed by atoms with Gasteiger partial charge in [0.2, 0.25) is 0 Å². The van der Waals surface area contributed by atoms with E-state index in [0.717, 1.165) is 33.5 Å². The molecule has 0 aliphatic carbocycles. The summed E-state index contributed by atoms with van der Waals surface area (Å²) in [5, 5.41) is 12.4. The molecule has 13 rings (SSSR count). The van der Waals surface area contributed by atoms with Gasteiger partial charge in [-0.2, -0.15) is 0 Å². The van der Waals surface area contributed by atoms with E-state index in [1.807, 2.05) is 17.4 Å². The summed E-state index contributed by atoms with van der Waals surface area (Å²) in [6, 6.07) is 83.5. The standard InChI is InChI=1S/C62H38N2S/c1-3-17-41(18-4-1)59-51-26-12-11-25-50(51)58(54-35-34-39-16-7-8-21-45(39)60(54)59)42-32-30-40(31-33-42)44-36-37-48(47-23-10-9-22-46(44)47)55-38-56(64-62(63-55)43-19-5-2-6-20-43)53-28-15-27-52-49-24-13-14-29-57(49)65-61(52)53/h1-38H. The van der Waals surface area contributed by atoms with Crippen molar-refractivity contribution in [3.8, 4) is 67.3 Å². The van der Waals surface area contributed by atoms with Gasteiger partial charge in [-0.15, -0.1) is 11.3 Å². The molecule has 65 heavy (non-hydrogen) atoms.